The minimum Gasteiger partial charge on any atom is -0.370 e. The van der Waals surface area contributed by atoms with E-state index >= 15 is 0 Å². The van der Waals surface area contributed by atoms with E-state index in [0.717, 1.165) is 30.0 Å². The lowest BCUT2D eigenvalue weighted by atomic mass is 10.2. The molecule has 0 bridgehead atoms. The zero-order valence-electron chi connectivity index (χ0n) is 11.7. The number of nitrogens with one attached hydrogen (secondary N) is 2. The average molecular weight is 270 g/mol. The molecule has 2 aromatic rings. The van der Waals surface area contributed by atoms with Gasteiger partial charge in [0.25, 0.3) is 5.91 Å². The van der Waals surface area contributed by atoms with Crippen LogP contribution in [0.4, 0.5) is 11.5 Å². The normalized spacial score (nSPS) is 10.1. The number of anilines is 2. The Kier molecular flexibility index (Phi) is 4.65. The van der Waals surface area contributed by atoms with Gasteiger partial charge in [-0.25, -0.2) is 4.98 Å². The number of amides is 1. The first-order valence-corrected chi connectivity index (χ1v) is 6.62. The van der Waals surface area contributed by atoms with Crippen LogP contribution in [0.1, 0.15) is 29.3 Å². The van der Waals surface area contributed by atoms with Crippen molar-refractivity contribution in [2.75, 3.05) is 17.2 Å². The summed E-state index contributed by atoms with van der Waals surface area (Å²) in [6.45, 7) is 4.86. The average Bonchev–Trinajstić information content (AvgIpc) is 2.48. The quantitative estimate of drug-likeness (QED) is 0.876. The molecule has 104 valence electrons. The second-order valence-corrected chi connectivity index (χ2v) is 4.50. The van der Waals surface area contributed by atoms with Gasteiger partial charge in [0, 0.05) is 30.8 Å². The van der Waals surface area contributed by atoms with Crippen molar-refractivity contribution in [1.82, 2.24) is 9.97 Å². The van der Waals surface area contributed by atoms with Crippen molar-refractivity contribution in [2.24, 2.45) is 0 Å². The smallest absolute Gasteiger partial charge is 0.257 e. The zero-order chi connectivity index (χ0) is 14.4. The molecule has 0 aliphatic carbocycles. The van der Waals surface area contributed by atoms with Gasteiger partial charge in [-0.2, -0.15) is 0 Å². The molecule has 0 radical (unpaired) electrons. The highest BCUT2D eigenvalue weighted by atomic mass is 16.1. The topological polar surface area (TPSA) is 66.9 Å². The Hall–Kier alpha value is -2.43. The molecular formula is C15H18N4O. The molecule has 20 heavy (non-hydrogen) atoms. The van der Waals surface area contributed by atoms with E-state index in [1.54, 1.807) is 30.7 Å². The number of aromatic nitrogens is 2. The van der Waals surface area contributed by atoms with E-state index in [1.165, 1.54) is 0 Å². The van der Waals surface area contributed by atoms with Crippen molar-refractivity contribution in [2.45, 2.75) is 20.3 Å². The lowest BCUT2D eigenvalue weighted by Gasteiger charge is -2.08. The highest BCUT2D eigenvalue weighted by molar-refractivity contribution is 6.04. The second-order valence-electron chi connectivity index (χ2n) is 4.50. The Labute approximate surface area is 118 Å². The fourth-order valence-electron chi connectivity index (χ4n) is 1.69. The van der Waals surface area contributed by atoms with Crippen LogP contribution in [0.3, 0.4) is 0 Å². The van der Waals surface area contributed by atoms with Crippen molar-refractivity contribution in [1.29, 1.82) is 0 Å². The van der Waals surface area contributed by atoms with Crippen molar-refractivity contribution >= 4 is 17.4 Å². The first-order valence-electron chi connectivity index (χ1n) is 6.62. The lowest BCUT2D eigenvalue weighted by Crippen LogP contribution is -2.13. The van der Waals surface area contributed by atoms with Gasteiger partial charge in [-0.3, -0.25) is 9.78 Å². The maximum absolute atomic E-state index is 12.1. The fraction of sp³-hybridized carbons (Fsp3) is 0.267. The summed E-state index contributed by atoms with van der Waals surface area (Å²) >= 11 is 0. The fourth-order valence-corrected chi connectivity index (χ4v) is 1.69. The monoisotopic (exact) mass is 270 g/mol. The number of carbonyl (C=O) groups is 1. The molecule has 5 nitrogen and oxygen atoms in total. The summed E-state index contributed by atoms with van der Waals surface area (Å²) in [5, 5.41) is 6.02. The molecule has 2 heterocycles. The molecule has 2 aromatic heterocycles. The van der Waals surface area contributed by atoms with Crippen molar-refractivity contribution in [3.05, 3.63) is 47.9 Å². The van der Waals surface area contributed by atoms with Crippen LogP contribution < -0.4 is 10.6 Å². The van der Waals surface area contributed by atoms with Crippen LogP contribution in [0, 0.1) is 6.92 Å². The molecule has 0 saturated heterocycles. The van der Waals surface area contributed by atoms with Crippen molar-refractivity contribution in [3.63, 3.8) is 0 Å². The van der Waals surface area contributed by atoms with Crippen LogP contribution in [0.15, 0.2) is 36.8 Å². The van der Waals surface area contributed by atoms with Gasteiger partial charge in [0.15, 0.2) is 0 Å². The van der Waals surface area contributed by atoms with E-state index < -0.39 is 0 Å². The first kappa shape index (κ1) is 14.0. The van der Waals surface area contributed by atoms with E-state index in [1.807, 2.05) is 13.0 Å². The molecule has 0 aliphatic heterocycles. The van der Waals surface area contributed by atoms with Crippen LogP contribution in [0.2, 0.25) is 0 Å². The van der Waals surface area contributed by atoms with Gasteiger partial charge >= 0.3 is 0 Å². The van der Waals surface area contributed by atoms with Gasteiger partial charge in [0.2, 0.25) is 0 Å². The Bertz CT molecular complexity index is 581. The van der Waals surface area contributed by atoms with Gasteiger partial charge < -0.3 is 10.6 Å². The standard InChI is InChI=1S/C15H18N4O/c1-3-7-17-14-5-4-12(10-18-14)15(20)19-13-6-8-16-9-11(13)2/h4-6,8-10H,3,7H2,1-2H3,(H,17,18)(H,16,19,20). The third-order valence-electron chi connectivity index (χ3n) is 2.85. The summed E-state index contributed by atoms with van der Waals surface area (Å²) in [6.07, 6.45) is 5.97. The van der Waals surface area contributed by atoms with Gasteiger partial charge in [-0.1, -0.05) is 6.92 Å². The third kappa shape index (κ3) is 3.54. The first-order chi connectivity index (χ1) is 9.70. The number of hydrogen-bond donors (Lipinski definition) is 2. The predicted molar refractivity (Wildman–Crippen MR) is 79.9 cm³/mol. The maximum Gasteiger partial charge on any atom is 0.257 e. The van der Waals surface area contributed by atoms with E-state index in [4.69, 9.17) is 0 Å². The highest BCUT2D eigenvalue weighted by Gasteiger charge is 2.08. The van der Waals surface area contributed by atoms with E-state index in [0.29, 0.717) is 5.56 Å². The lowest BCUT2D eigenvalue weighted by molar-refractivity contribution is 0.102. The van der Waals surface area contributed by atoms with E-state index in [-0.39, 0.29) is 5.91 Å². The SMILES string of the molecule is CCCNc1ccc(C(=O)Nc2ccncc2C)cn1. The predicted octanol–water partition coefficient (Wildman–Crippen LogP) is 2.86. The third-order valence-corrected chi connectivity index (χ3v) is 2.85. The van der Waals surface area contributed by atoms with E-state index in [9.17, 15) is 4.79 Å². The number of rotatable bonds is 5. The van der Waals surface area contributed by atoms with Gasteiger partial charge in [0.1, 0.15) is 5.82 Å². The molecule has 5 heteroatoms. The van der Waals surface area contributed by atoms with Gasteiger partial charge in [-0.15, -0.1) is 0 Å². The molecule has 0 aliphatic rings. The minimum absolute atomic E-state index is 0.172. The Morgan fingerprint density at radius 1 is 1.25 bits per heavy atom. The molecule has 2 rings (SSSR count). The van der Waals surface area contributed by atoms with Gasteiger partial charge in [-0.05, 0) is 37.1 Å². The summed E-state index contributed by atoms with van der Waals surface area (Å²) in [4.78, 5) is 20.3. The molecule has 2 N–H and O–H groups in total. The number of nitrogens with zero attached hydrogens (tertiary/aromatic N) is 2. The Balaban J connectivity index is 2.04. The summed E-state index contributed by atoms with van der Waals surface area (Å²) in [5.41, 5.74) is 2.22. The molecule has 1 amide bonds. The Morgan fingerprint density at radius 2 is 2.10 bits per heavy atom. The molecule has 0 aromatic carbocycles. The van der Waals surface area contributed by atoms with Crippen LogP contribution >= 0.6 is 0 Å². The molecule has 0 atom stereocenters. The van der Waals surface area contributed by atoms with Gasteiger partial charge in [0.05, 0.1) is 5.56 Å². The number of pyridine rings is 2. The largest absolute Gasteiger partial charge is 0.370 e. The van der Waals surface area contributed by atoms with Crippen LogP contribution in [-0.4, -0.2) is 22.4 Å². The Morgan fingerprint density at radius 3 is 2.75 bits per heavy atom. The molecule has 0 unspecified atom stereocenters. The summed E-state index contributed by atoms with van der Waals surface area (Å²) in [6, 6.07) is 5.35. The van der Waals surface area contributed by atoms with Crippen LogP contribution in [0.5, 0.6) is 0 Å². The zero-order valence-corrected chi connectivity index (χ0v) is 11.7. The van der Waals surface area contributed by atoms with Crippen molar-refractivity contribution in [3.8, 4) is 0 Å². The van der Waals surface area contributed by atoms with Crippen LogP contribution in [0.25, 0.3) is 0 Å². The number of hydrogen-bond acceptors (Lipinski definition) is 4. The van der Waals surface area contributed by atoms with E-state index in [2.05, 4.69) is 27.5 Å². The number of aryl methyl sites for hydroxylation is 1. The van der Waals surface area contributed by atoms with Crippen molar-refractivity contribution < 1.29 is 4.79 Å². The molecule has 0 fully saturated rings. The second kappa shape index (κ2) is 6.65. The molecule has 0 spiro atoms. The molecule has 0 saturated carbocycles. The molecular weight excluding hydrogens is 252 g/mol. The summed E-state index contributed by atoms with van der Waals surface area (Å²) in [5.74, 6) is 0.609. The summed E-state index contributed by atoms with van der Waals surface area (Å²) < 4.78 is 0. The minimum atomic E-state index is -0.172. The highest BCUT2D eigenvalue weighted by Crippen LogP contribution is 2.13. The maximum atomic E-state index is 12.1. The number of carbonyl (C=O) groups excluding carboxylic acids is 1. The van der Waals surface area contributed by atoms with Crippen LogP contribution in [-0.2, 0) is 0 Å². The summed E-state index contributed by atoms with van der Waals surface area (Å²) in [7, 11) is 0.